The quantitative estimate of drug-likeness (QED) is 0.330. The summed E-state index contributed by atoms with van der Waals surface area (Å²) >= 11 is 0. The van der Waals surface area contributed by atoms with Crippen molar-refractivity contribution in [1.29, 1.82) is 0 Å². The Labute approximate surface area is 217 Å². The summed E-state index contributed by atoms with van der Waals surface area (Å²) in [5.74, 6) is 0.731. The average molecular weight is 494 g/mol. The first-order valence-corrected chi connectivity index (χ1v) is 13.0. The highest BCUT2D eigenvalue weighted by atomic mass is 16.2. The minimum absolute atomic E-state index is 0.0383. The average Bonchev–Trinajstić information content (AvgIpc) is 2.86. The highest BCUT2D eigenvalue weighted by Gasteiger charge is 2.17. The Morgan fingerprint density at radius 1 is 0.861 bits per heavy atom. The van der Waals surface area contributed by atoms with E-state index in [0.29, 0.717) is 24.8 Å². The van der Waals surface area contributed by atoms with Gasteiger partial charge in [-0.3, -0.25) is 19.2 Å². The van der Waals surface area contributed by atoms with Gasteiger partial charge >= 0.3 is 0 Å². The zero-order valence-corrected chi connectivity index (χ0v) is 23.2. The largest absolute Gasteiger partial charge is 0.322 e. The summed E-state index contributed by atoms with van der Waals surface area (Å²) < 4.78 is 0. The van der Waals surface area contributed by atoms with Crippen LogP contribution in [0.15, 0.2) is 42.5 Å². The number of anilines is 1. The third-order valence-electron chi connectivity index (χ3n) is 6.31. The second-order valence-corrected chi connectivity index (χ2v) is 9.88. The number of Topliss-reactive ketones (excluding diaryl/α,β-unsaturated/α-hetero) is 3. The molecule has 0 aromatic heterocycles. The first-order chi connectivity index (χ1) is 16.9. The first-order valence-electron chi connectivity index (χ1n) is 13.0. The van der Waals surface area contributed by atoms with E-state index in [1.807, 2.05) is 77.1 Å². The number of carbonyl (C=O) groups is 4. The zero-order chi connectivity index (χ0) is 27.4. The number of hydrogen-bond donors (Lipinski definition) is 1. The summed E-state index contributed by atoms with van der Waals surface area (Å²) in [5.41, 5.74) is 4.16. The van der Waals surface area contributed by atoms with E-state index in [4.69, 9.17) is 0 Å². The lowest BCUT2D eigenvalue weighted by molar-refractivity contribution is -0.121. The third-order valence-corrected chi connectivity index (χ3v) is 6.31. The molecule has 5 nitrogen and oxygen atoms in total. The van der Waals surface area contributed by atoms with Gasteiger partial charge in [-0.1, -0.05) is 66.7 Å². The summed E-state index contributed by atoms with van der Waals surface area (Å²) in [4.78, 5) is 46.6. The monoisotopic (exact) mass is 493 g/mol. The topological polar surface area (TPSA) is 80.3 Å². The Morgan fingerprint density at radius 3 is 2.03 bits per heavy atom. The van der Waals surface area contributed by atoms with Gasteiger partial charge in [0.15, 0.2) is 5.78 Å². The Kier molecular flexibility index (Phi) is 13.0. The molecule has 0 aliphatic heterocycles. The molecule has 0 saturated heterocycles. The molecule has 0 heterocycles. The fourth-order valence-corrected chi connectivity index (χ4v) is 3.68. The van der Waals surface area contributed by atoms with E-state index in [0.717, 1.165) is 28.8 Å². The molecule has 0 aliphatic rings. The van der Waals surface area contributed by atoms with Gasteiger partial charge in [0.05, 0.1) is 0 Å². The van der Waals surface area contributed by atoms with E-state index in [9.17, 15) is 19.2 Å². The summed E-state index contributed by atoms with van der Waals surface area (Å²) in [5, 5.41) is 2.97. The maximum absolute atomic E-state index is 12.7. The third kappa shape index (κ3) is 9.52. The number of hydrogen-bond acceptors (Lipinski definition) is 4. The summed E-state index contributed by atoms with van der Waals surface area (Å²) in [6.45, 7) is 15.3. The van der Waals surface area contributed by atoms with Crippen LogP contribution in [0.5, 0.6) is 0 Å². The summed E-state index contributed by atoms with van der Waals surface area (Å²) in [6, 6.07) is 13.2. The van der Waals surface area contributed by atoms with E-state index in [1.54, 1.807) is 6.92 Å². The lowest BCUT2D eigenvalue weighted by Crippen LogP contribution is -2.16. The van der Waals surface area contributed by atoms with Crippen molar-refractivity contribution in [1.82, 2.24) is 0 Å². The van der Waals surface area contributed by atoms with E-state index >= 15 is 0 Å². The van der Waals surface area contributed by atoms with Crippen LogP contribution in [0.2, 0.25) is 0 Å². The predicted molar refractivity (Wildman–Crippen MR) is 148 cm³/mol. The standard InChI is InChI=1S/C22H27NO2.C9H16O2/c1-6-16-13-17(11-12-19(16)21(24)15(4)5)23-22(25)20-10-8-7-9-18(20)14(2)3;1-4-9(11)6-5-7(2)8(3)10/h7-15H,6H2,1-5H3,(H,23,25);7H,4-6H2,1-3H3. The van der Waals surface area contributed by atoms with Crippen molar-refractivity contribution in [3.05, 3.63) is 64.7 Å². The van der Waals surface area contributed by atoms with E-state index < -0.39 is 0 Å². The van der Waals surface area contributed by atoms with Crippen molar-refractivity contribution in [2.75, 3.05) is 5.32 Å². The van der Waals surface area contributed by atoms with Crippen LogP contribution < -0.4 is 5.32 Å². The van der Waals surface area contributed by atoms with Crippen molar-refractivity contribution in [3.8, 4) is 0 Å². The fraction of sp³-hybridized carbons (Fsp3) is 0.484. The van der Waals surface area contributed by atoms with Gasteiger partial charge in [-0.25, -0.2) is 0 Å². The molecule has 1 unspecified atom stereocenters. The van der Waals surface area contributed by atoms with Crippen molar-refractivity contribution < 1.29 is 19.2 Å². The summed E-state index contributed by atoms with van der Waals surface area (Å²) in [6.07, 6.45) is 2.60. The van der Waals surface area contributed by atoms with E-state index in [2.05, 4.69) is 19.2 Å². The number of aryl methyl sites for hydroxylation is 1. The molecular weight excluding hydrogens is 450 g/mol. The molecule has 5 heteroatoms. The first kappa shape index (κ1) is 31.0. The SMILES string of the molecule is CCC(=O)CCC(C)C(C)=O.CCc1cc(NC(=O)c2ccccc2C(C)C)ccc1C(=O)C(C)C. The molecule has 2 aromatic rings. The Morgan fingerprint density at radius 2 is 1.50 bits per heavy atom. The molecule has 0 aliphatic carbocycles. The van der Waals surface area contributed by atoms with Gasteiger partial charge in [0, 0.05) is 41.5 Å². The maximum Gasteiger partial charge on any atom is 0.255 e. The molecule has 1 amide bonds. The van der Waals surface area contributed by atoms with Crippen molar-refractivity contribution in [3.63, 3.8) is 0 Å². The second-order valence-electron chi connectivity index (χ2n) is 9.88. The number of carbonyl (C=O) groups excluding carboxylic acids is 4. The van der Waals surface area contributed by atoms with Crippen LogP contribution in [0.3, 0.4) is 0 Å². The van der Waals surface area contributed by atoms with Crippen LogP contribution >= 0.6 is 0 Å². The van der Waals surface area contributed by atoms with Crippen molar-refractivity contribution in [2.45, 2.75) is 87.0 Å². The molecule has 36 heavy (non-hydrogen) atoms. The molecule has 0 spiro atoms. The Balaban J connectivity index is 0.000000497. The normalized spacial score (nSPS) is 11.5. The van der Waals surface area contributed by atoms with Crippen LogP contribution in [0, 0.1) is 11.8 Å². The Bertz CT molecular complexity index is 1050. The number of benzene rings is 2. The van der Waals surface area contributed by atoms with E-state index in [-0.39, 0.29) is 41.0 Å². The van der Waals surface area contributed by atoms with Gasteiger partial charge < -0.3 is 5.32 Å². The second kappa shape index (κ2) is 15.1. The highest BCUT2D eigenvalue weighted by Crippen LogP contribution is 2.23. The van der Waals surface area contributed by atoms with Crippen LogP contribution in [-0.2, 0) is 16.0 Å². The van der Waals surface area contributed by atoms with Gasteiger partial charge in [0.1, 0.15) is 11.6 Å². The maximum atomic E-state index is 12.7. The van der Waals surface area contributed by atoms with Crippen LogP contribution in [-0.4, -0.2) is 23.3 Å². The molecule has 0 bridgehead atoms. The lowest BCUT2D eigenvalue weighted by Gasteiger charge is -2.15. The van der Waals surface area contributed by atoms with Crippen molar-refractivity contribution >= 4 is 28.9 Å². The van der Waals surface area contributed by atoms with E-state index in [1.165, 1.54) is 0 Å². The van der Waals surface area contributed by atoms with Gasteiger partial charge in [0.2, 0.25) is 0 Å². The Hall–Kier alpha value is -3.08. The van der Waals surface area contributed by atoms with Gasteiger partial charge in [0.25, 0.3) is 5.91 Å². The fourth-order valence-electron chi connectivity index (χ4n) is 3.68. The molecule has 1 atom stereocenters. The zero-order valence-electron chi connectivity index (χ0n) is 23.2. The molecule has 2 rings (SSSR count). The predicted octanol–water partition coefficient (Wildman–Crippen LogP) is 7.43. The van der Waals surface area contributed by atoms with Gasteiger partial charge in [-0.2, -0.15) is 0 Å². The van der Waals surface area contributed by atoms with Crippen molar-refractivity contribution in [2.24, 2.45) is 11.8 Å². The number of ketones is 3. The smallest absolute Gasteiger partial charge is 0.255 e. The number of nitrogens with one attached hydrogen (secondary N) is 1. The molecule has 0 fully saturated rings. The van der Waals surface area contributed by atoms with Crippen LogP contribution in [0.4, 0.5) is 5.69 Å². The molecule has 0 radical (unpaired) electrons. The highest BCUT2D eigenvalue weighted by molar-refractivity contribution is 6.06. The molecule has 196 valence electrons. The number of rotatable bonds is 11. The molecule has 1 N–H and O–H groups in total. The van der Waals surface area contributed by atoms with Crippen LogP contribution in [0.25, 0.3) is 0 Å². The van der Waals surface area contributed by atoms with Crippen LogP contribution in [0.1, 0.15) is 112 Å². The minimum atomic E-state index is -0.116. The molecule has 0 saturated carbocycles. The summed E-state index contributed by atoms with van der Waals surface area (Å²) in [7, 11) is 0. The minimum Gasteiger partial charge on any atom is -0.322 e. The molecular formula is C31H43NO4. The van der Waals surface area contributed by atoms with Gasteiger partial charge in [-0.05, 0) is 61.1 Å². The lowest BCUT2D eigenvalue weighted by atomic mass is 9.94. The number of amides is 1. The molecule has 2 aromatic carbocycles. The van der Waals surface area contributed by atoms with Gasteiger partial charge in [-0.15, -0.1) is 0 Å².